The van der Waals surface area contributed by atoms with Crippen molar-refractivity contribution < 1.29 is 9.13 Å². The average Bonchev–Trinajstić information content (AvgIpc) is 2.16. The molecule has 0 atom stereocenters. The smallest absolute Gasteiger partial charge is 0.126 e. The first-order chi connectivity index (χ1) is 7.43. The van der Waals surface area contributed by atoms with E-state index in [1.807, 2.05) is 13.8 Å². The number of anilines is 1. The van der Waals surface area contributed by atoms with Gasteiger partial charge in [-0.1, -0.05) is 11.6 Å². The molecular formula is C12H17ClFNO. The minimum absolute atomic E-state index is 0.176. The van der Waals surface area contributed by atoms with E-state index in [-0.39, 0.29) is 11.4 Å². The molecule has 0 saturated heterocycles. The van der Waals surface area contributed by atoms with Crippen LogP contribution in [0.3, 0.4) is 0 Å². The van der Waals surface area contributed by atoms with Crippen molar-refractivity contribution in [2.45, 2.75) is 25.9 Å². The van der Waals surface area contributed by atoms with E-state index in [0.29, 0.717) is 17.3 Å². The van der Waals surface area contributed by atoms with Gasteiger partial charge in [0.1, 0.15) is 5.82 Å². The van der Waals surface area contributed by atoms with Gasteiger partial charge in [-0.15, -0.1) is 0 Å². The van der Waals surface area contributed by atoms with E-state index < -0.39 is 0 Å². The Morgan fingerprint density at radius 1 is 1.38 bits per heavy atom. The second-order valence-electron chi connectivity index (χ2n) is 4.30. The van der Waals surface area contributed by atoms with Crippen LogP contribution in [0.1, 0.15) is 20.3 Å². The number of nitrogens with one attached hydrogen (secondary N) is 1. The summed E-state index contributed by atoms with van der Waals surface area (Å²) in [6.45, 7) is 4.72. The fourth-order valence-electron chi connectivity index (χ4n) is 1.27. The van der Waals surface area contributed by atoms with Gasteiger partial charge in [0.05, 0.1) is 5.60 Å². The molecular weight excluding hydrogens is 229 g/mol. The van der Waals surface area contributed by atoms with E-state index in [1.54, 1.807) is 13.2 Å². The third kappa shape index (κ3) is 4.37. The third-order valence-corrected chi connectivity index (χ3v) is 2.69. The van der Waals surface area contributed by atoms with Crippen LogP contribution in [0.4, 0.5) is 10.1 Å². The molecule has 1 N–H and O–H groups in total. The van der Waals surface area contributed by atoms with Crippen molar-refractivity contribution in [3.05, 3.63) is 29.0 Å². The zero-order chi connectivity index (χ0) is 12.2. The topological polar surface area (TPSA) is 21.3 Å². The predicted octanol–water partition coefficient (Wildman–Crippen LogP) is 3.71. The number of benzene rings is 1. The third-order valence-electron chi connectivity index (χ3n) is 2.47. The molecule has 0 aromatic heterocycles. The monoisotopic (exact) mass is 245 g/mol. The molecule has 0 aliphatic heterocycles. The van der Waals surface area contributed by atoms with E-state index in [1.165, 1.54) is 12.1 Å². The second-order valence-corrected chi connectivity index (χ2v) is 4.74. The Kier molecular flexibility index (Phi) is 4.56. The van der Waals surface area contributed by atoms with Gasteiger partial charge in [0.2, 0.25) is 0 Å². The number of hydrogen-bond donors (Lipinski definition) is 1. The van der Waals surface area contributed by atoms with Gasteiger partial charge in [-0.05, 0) is 38.5 Å². The molecule has 0 aliphatic carbocycles. The maximum absolute atomic E-state index is 13.0. The van der Waals surface area contributed by atoms with Crippen molar-refractivity contribution >= 4 is 17.3 Å². The zero-order valence-corrected chi connectivity index (χ0v) is 10.6. The van der Waals surface area contributed by atoms with Crippen LogP contribution in [0.15, 0.2) is 18.2 Å². The molecule has 1 aromatic carbocycles. The molecule has 1 rings (SSSR count). The van der Waals surface area contributed by atoms with Gasteiger partial charge < -0.3 is 10.1 Å². The Bertz CT molecular complexity index is 335. The summed E-state index contributed by atoms with van der Waals surface area (Å²) in [6.07, 6.45) is 0.831. The van der Waals surface area contributed by atoms with Gasteiger partial charge in [0.15, 0.2) is 0 Å². The van der Waals surface area contributed by atoms with Crippen LogP contribution >= 0.6 is 11.6 Å². The average molecular weight is 246 g/mol. The summed E-state index contributed by atoms with van der Waals surface area (Å²) in [5.41, 5.74) is 0.515. The highest BCUT2D eigenvalue weighted by atomic mass is 35.5. The van der Waals surface area contributed by atoms with E-state index >= 15 is 0 Å². The van der Waals surface area contributed by atoms with E-state index in [0.717, 1.165) is 6.42 Å². The maximum atomic E-state index is 13.0. The molecule has 0 heterocycles. The summed E-state index contributed by atoms with van der Waals surface area (Å²) in [5, 5.41) is 3.51. The predicted molar refractivity (Wildman–Crippen MR) is 65.6 cm³/mol. The van der Waals surface area contributed by atoms with Crippen LogP contribution in [0, 0.1) is 5.82 Å². The normalized spacial score (nSPS) is 11.6. The summed E-state index contributed by atoms with van der Waals surface area (Å²) in [6, 6.07) is 4.40. The number of ether oxygens (including phenoxy) is 1. The fourth-order valence-corrected chi connectivity index (χ4v) is 1.49. The van der Waals surface area contributed by atoms with E-state index in [2.05, 4.69) is 5.32 Å². The number of rotatable bonds is 5. The Balaban J connectivity index is 2.49. The van der Waals surface area contributed by atoms with Gasteiger partial charge in [-0.25, -0.2) is 4.39 Å². The largest absolute Gasteiger partial charge is 0.385 e. The number of hydrogen-bond acceptors (Lipinski definition) is 2. The number of methoxy groups -OCH3 is 1. The SMILES string of the molecule is COC(C)(C)CCNc1cc(F)cc(Cl)c1. The minimum Gasteiger partial charge on any atom is -0.385 e. The van der Waals surface area contributed by atoms with Crippen LogP contribution in [0.2, 0.25) is 5.02 Å². The summed E-state index contributed by atoms with van der Waals surface area (Å²) >= 11 is 5.74. The summed E-state index contributed by atoms with van der Waals surface area (Å²) < 4.78 is 18.3. The van der Waals surface area contributed by atoms with Gasteiger partial charge in [-0.2, -0.15) is 0 Å². The molecule has 0 bridgehead atoms. The zero-order valence-electron chi connectivity index (χ0n) is 9.81. The van der Waals surface area contributed by atoms with Crippen LogP contribution in [-0.2, 0) is 4.74 Å². The standard InChI is InChI=1S/C12H17ClFNO/c1-12(2,16-3)4-5-15-11-7-9(13)6-10(14)8-11/h6-8,15H,4-5H2,1-3H3. The second kappa shape index (κ2) is 5.51. The van der Waals surface area contributed by atoms with Crippen molar-refractivity contribution in [1.29, 1.82) is 0 Å². The van der Waals surface area contributed by atoms with Crippen LogP contribution < -0.4 is 5.32 Å². The Labute approximate surface area is 101 Å². The van der Waals surface area contributed by atoms with Crippen LogP contribution in [0.5, 0.6) is 0 Å². The molecule has 0 amide bonds. The molecule has 1 aromatic rings. The quantitative estimate of drug-likeness (QED) is 0.854. The molecule has 0 aliphatic rings. The summed E-state index contributed by atoms with van der Waals surface area (Å²) in [4.78, 5) is 0. The first-order valence-corrected chi connectivity index (χ1v) is 5.56. The van der Waals surface area contributed by atoms with Gasteiger partial charge in [-0.3, -0.25) is 0 Å². The van der Waals surface area contributed by atoms with Crippen molar-refractivity contribution in [3.63, 3.8) is 0 Å². The highest BCUT2D eigenvalue weighted by molar-refractivity contribution is 6.30. The minimum atomic E-state index is -0.332. The summed E-state index contributed by atoms with van der Waals surface area (Å²) in [7, 11) is 1.68. The highest BCUT2D eigenvalue weighted by Crippen LogP contribution is 2.19. The molecule has 0 fully saturated rings. The lowest BCUT2D eigenvalue weighted by atomic mass is 10.1. The first kappa shape index (κ1) is 13.3. The Morgan fingerprint density at radius 2 is 2.06 bits per heavy atom. The lowest BCUT2D eigenvalue weighted by Crippen LogP contribution is -2.25. The van der Waals surface area contributed by atoms with E-state index in [4.69, 9.17) is 16.3 Å². The van der Waals surface area contributed by atoms with Crippen molar-refractivity contribution in [1.82, 2.24) is 0 Å². The molecule has 90 valence electrons. The molecule has 0 radical (unpaired) electrons. The van der Waals surface area contributed by atoms with Crippen molar-refractivity contribution in [3.8, 4) is 0 Å². The Hall–Kier alpha value is -0.800. The van der Waals surface area contributed by atoms with Crippen molar-refractivity contribution in [2.75, 3.05) is 19.0 Å². The molecule has 0 unspecified atom stereocenters. The lowest BCUT2D eigenvalue weighted by molar-refractivity contribution is 0.0185. The fraction of sp³-hybridized carbons (Fsp3) is 0.500. The molecule has 4 heteroatoms. The van der Waals surface area contributed by atoms with Crippen molar-refractivity contribution in [2.24, 2.45) is 0 Å². The molecule has 2 nitrogen and oxygen atoms in total. The van der Waals surface area contributed by atoms with Gasteiger partial charge in [0.25, 0.3) is 0 Å². The Morgan fingerprint density at radius 3 is 2.62 bits per heavy atom. The molecule has 0 saturated carbocycles. The molecule has 0 spiro atoms. The first-order valence-electron chi connectivity index (χ1n) is 5.18. The number of halogens is 2. The van der Waals surface area contributed by atoms with Gasteiger partial charge in [0, 0.05) is 24.4 Å². The van der Waals surface area contributed by atoms with Gasteiger partial charge >= 0.3 is 0 Å². The highest BCUT2D eigenvalue weighted by Gasteiger charge is 2.15. The lowest BCUT2D eigenvalue weighted by Gasteiger charge is -2.23. The van der Waals surface area contributed by atoms with E-state index in [9.17, 15) is 4.39 Å². The van der Waals surface area contributed by atoms with Crippen LogP contribution in [-0.4, -0.2) is 19.3 Å². The van der Waals surface area contributed by atoms with Crippen LogP contribution in [0.25, 0.3) is 0 Å². The summed E-state index contributed by atoms with van der Waals surface area (Å²) in [5.74, 6) is -0.332. The molecule has 16 heavy (non-hydrogen) atoms. The maximum Gasteiger partial charge on any atom is 0.126 e.